The molecule has 1 aliphatic rings. The Hall–Kier alpha value is 0.636. The molecular formula is C7H15Ga. The summed E-state index contributed by atoms with van der Waals surface area (Å²) in [5.74, 6) is 1.17. The third-order valence-corrected chi connectivity index (χ3v) is 4.72. The first-order valence-electron chi connectivity index (χ1n) is 3.93. The average Bonchev–Trinajstić information content (AvgIpc) is 1.90. The summed E-state index contributed by atoms with van der Waals surface area (Å²) in [5.41, 5.74) is 0. The molecule has 1 rings (SSSR count). The van der Waals surface area contributed by atoms with Crippen LogP contribution in [0.15, 0.2) is 0 Å². The molecule has 1 heteroatoms. The summed E-state index contributed by atoms with van der Waals surface area (Å²) in [4.78, 5) is 1.60. The van der Waals surface area contributed by atoms with Crippen LogP contribution in [-0.4, -0.2) is 18.6 Å². The van der Waals surface area contributed by atoms with Crippen molar-refractivity contribution in [3.05, 3.63) is 0 Å². The summed E-state index contributed by atoms with van der Waals surface area (Å²) < 4.78 is 0. The molecular weight excluding hydrogens is 154 g/mol. The van der Waals surface area contributed by atoms with Gasteiger partial charge in [-0.15, -0.1) is 0 Å². The van der Waals surface area contributed by atoms with Crippen LogP contribution >= 0.6 is 0 Å². The zero-order valence-electron chi connectivity index (χ0n) is 5.82. The van der Waals surface area contributed by atoms with Crippen molar-refractivity contribution < 1.29 is 0 Å². The molecule has 0 saturated heterocycles. The Kier molecular flexibility index (Phi) is 3.06. The maximum absolute atomic E-state index is 1.60. The zero-order chi connectivity index (χ0) is 5.82. The van der Waals surface area contributed by atoms with E-state index < -0.39 is 0 Å². The summed E-state index contributed by atoms with van der Waals surface area (Å²) in [6.07, 6.45) is 7.69. The molecule has 0 aromatic rings. The predicted octanol–water partition coefficient (Wildman–Crippen LogP) is 1.62. The Labute approximate surface area is 62.0 Å². The van der Waals surface area contributed by atoms with Gasteiger partial charge in [-0.1, -0.05) is 0 Å². The summed E-state index contributed by atoms with van der Waals surface area (Å²) in [6.45, 7) is 0. The van der Waals surface area contributed by atoms with Gasteiger partial charge in [0.05, 0.1) is 0 Å². The van der Waals surface area contributed by atoms with Gasteiger partial charge in [0, 0.05) is 0 Å². The molecule has 0 aromatic heterocycles. The molecule has 0 spiro atoms. The summed E-state index contributed by atoms with van der Waals surface area (Å²) >= 11 is 1.12. The first-order valence-corrected chi connectivity index (χ1v) is 6.90. The Morgan fingerprint density at radius 3 is 2.12 bits per heavy atom. The van der Waals surface area contributed by atoms with E-state index in [0.717, 1.165) is 18.6 Å². The van der Waals surface area contributed by atoms with Gasteiger partial charge in [-0.3, -0.25) is 0 Å². The Balaban J connectivity index is 2.13. The molecule has 8 heavy (non-hydrogen) atoms. The normalized spacial score (nSPS) is 23.5. The van der Waals surface area contributed by atoms with E-state index in [9.17, 15) is 0 Å². The second kappa shape index (κ2) is 3.62. The van der Waals surface area contributed by atoms with E-state index in [4.69, 9.17) is 0 Å². The average molecular weight is 169 g/mol. The van der Waals surface area contributed by atoms with Crippen LogP contribution in [0.4, 0.5) is 0 Å². The molecule has 0 aromatic carbocycles. The van der Waals surface area contributed by atoms with Gasteiger partial charge in [0.1, 0.15) is 0 Å². The second-order valence-electron chi connectivity index (χ2n) is 2.91. The van der Waals surface area contributed by atoms with Crippen molar-refractivity contribution in [3.8, 4) is 0 Å². The summed E-state index contributed by atoms with van der Waals surface area (Å²) in [6, 6.07) is 0. The van der Waals surface area contributed by atoms with Gasteiger partial charge >= 0.3 is 61.6 Å². The van der Waals surface area contributed by atoms with Gasteiger partial charge in [0.15, 0.2) is 0 Å². The fraction of sp³-hybridized carbons (Fsp3) is 1.00. The van der Waals surface area contributed by atoms with Crippen LogP contribution in [0.5, 0.6) is 0 Å². The van der Waals surface area contributed by atoms with Crippen molar-refractivity contribution >= 4 is 18.6 Å². The summed E-state index contributed by atoms with van der Waals surface area (Å²) in [5, 5.41) is 0. The van der Waals surface area contributed by atoms with Gasteiger partial charge in [-0.2, -0.15) is 0 Å². The molecule has 0 bridgehead atoms. The van der Waals surface area contributed by atoms with Crippen molar-refractivity contribution in [2.45, 2.75) is 37.1 Å². The van der Waals surface area contributed by atoms with E-state index in [0.29, 0.717) is 0 Å². The van der Waals surface area contributed by atoms with Crippen LogP contribution in [0, 0.1) is 5.92 Å². The molecule has 46 valence electrons. The molecule has 0 aliphatic heterocycles. The minimum absolute atomic E-state index is 1.12. The maximum atomic E-state index is 1.60. The van der Waals surface area contributed by atoms with Crippen LogP contribution in [0.2, 0.25) is 4.98 Å². The van der Waals surface area contributed by atoms with E-state index in [-0.39, 0.29) is 0 Å². The van der Waals surface area contributed by atoms with Gasteiger partial charge in [0.2, 0.25) is 0 Å². The fourth-order valence-electron chi connectivity index (χ4n) is 1.60. The monoisotopic (exact) mass is 168 g/mol. The van der Waals surface area contributed by atoms with E-state index in [1.165, 1.54) is 25.2 Å². The third-order valence-electron chi connectivity index (χ3n) is 2.30. The van der Waals surface area contributed by atoms with Crippen molar-refractivity contribution in [2.24, 2.45) is 5.92 Å². The van der Waals surface area contributed by atoms with E-state index in [1.54, 1.807) is 17.8 Å². The molecule has 0 amide bonds. The molecule has 0 heterocycles. The quantitative estimate of drug-likeness (QED) is 0.523. The van der Waals surface area contributed by atoms with E-state index in [2.05, 4.69) is 0 Å². The number of rotatable bonds is 1. The first kappa shape index (κ1) is 6.75. The Morgan fingerprint density at radius 2 is 1.75 bits per heavy atom. The van der Waals surface area contributed by atoms with Gasteiger partial charge < -0.3 is 0 Å². The topological polar surface area (TPSA) is 0 Å². The van der Waals surface area contributed by atoms with Crippen molar-refractivity contribution in [1.82, 2.24) is 0 Å². The van der Waals surface area contributed by atoms with Crippen molar-refractivity contribution in [1.29, 1.82) is 0 Å². The molecule has 0 unspecified atom stereocenters. The van der Waals surface area contributed by atoms with Crippen molar-refractivity contribution in [2.75, 3.05) is 0 Å². The minimum atomic E-state index is 1.12. The molecule has 1 aliphatic carbocycles. The number of hydrogen-bond acceptors (Lipinski definition) is 0. The van der Waals surface area contributed by atoms with Crippen LogP contribution in [0.1, 0.15) is 32.1 Å². The van der Waals surface area contributed by atoms with Crippen molar-refractivity contribution in [3.63, 3.8) is 0 Å². The first-order chi connectivity index (χ1) is 3.93. The SMILES string of the molecule is [GaH2][CH2]C1CCCCC1. The fourth-order valence-corrected chi connectivity index (χ4v) is 3.31. The van der Waals surface area contributed by atoms with Gasteiger partial charge in [-0.25, -0.2) is 0 Å². The van der Waals surface area contributed by atoms with Crippen LogP contribution in [0.3, 0.4) is 0 Å². The molecule has 0 atom stereocenters. The van der Waals surface area contributed by atoms with Crippen LogP contribution < -0.4 is 0 Å². The Morgan fingerprint density at radius 1 is 1.12 bits per heavy atom. The standard InChI is InChI=1S/C7H13.Ga.2H/c1-7-5-3-2-4-6-7;;;/h7H,1-6H2;;;. The number of hydrogen-bond donors (Lipinski definition) is 0. The second-order valence-corrected chi connectivity index (χ2v) is 4.63. The Bertz CT molecular complexity index is 55.4. The zero-order valence-corrected chi connectivity index (χ0v) is 10.0. The van der Waals surface area contributed by atoms with E-state index >= 15 is 0 Å². The molecule has 1 fully saturated rings. The van der Waals surface area contributed by atoms with Gasteiger partial charge in [0.25, 0.3) is 0 Å². The van der Waals surface area contributed by atoms with Crippen LogP contribution in [0.25, 0.3) is 0 Å². The molecule has 0 N–H and O–H groups in total. The predicted molar refractivity (Wildman–Crippen MR) is 39.9 cm³/mol. The van der Waals surface area contributed by atoms with Crippen LogP contribution in [-0.2, 0) is 0 Å². The molecule has 0 nitrogen and oxygen atoms in total. The third kappa shape index (κ3) is 1.86. The van der Waals surface area contributed by atoms with Gasteiger partial charge in [-0.05, 0) is 0 Å². The molecule has 0 radical (unpaired) electrons. The molecule has 1 saturated carbocycles. The summed E-state index contributed by atoms with van der Waals surface area (Å²) in [7, 11) is 0. The van der Waals surface area contributed by atoms with E-state index in [1.807, 2.05) is 0 Å².